The summed E-state index contributed by atoms with van der Waals surface area (Å²) in [5.74, 6) is 1.23. The number of carbonyl (C=O) groups is 1. The van der Waals surface area contributed by atoms with Crippen LogP contribution in [0.3, 0.4) is 0 Å². The van der Waals surface area contributed by atoms with Gasteiger partial charge in [-0.25, -0.2) is 0 Å². The summed E-state index contributed by atoms with van der Waals surface area (Å²) in [6.45, 7) is 3.19. The van der Waals surface area contributed by atoms with Gasteiger partial charge in [0.05, 0.1) is 11.5 Å². The minimum absolute atomic E-state index is 0.0110. The molecule has 162 valence electrons. The topological polar surface area (TPSA) is 44.7 Å². The molecule has 5 unspecified atom stereocenters. The van der Waals surface area contributed by atoms with Gasteiger partial charge in [0.2, 0.25) is 5.91 Å². The van der Waals surface area contributed by atoms with E-state index in [1.807, 2.05) is 11.0 Å². The van der Waals surface area contributed by atoms with Gasteiger partial charge in [-0.2, -0.15) is 13.2 Å². The first kappa shape index (κ1) is 19.1. The molecule has 0 aromatic rings. The fourth-order valence-corrected chi connectivity index (χ4v) is 7.20. The molecule has 0 aromatic heterocycles. The van der Waals surface area contributed by atoms with E-state index in [0.717, 1.165) is 38.8 Å². The number of carbonyl (C=O) groups excluding carboxylic acids is 1. The highest BCUT2D eigenvalue weighted by molar-refractivity contribution is 6.02. The van der Waals surface area contributed by atoms with Crippen LogP contribution >= 0.6 is 0 Å². The number of nitrogens with zero attached hydrogens (tertiary/aromatic N) is 2. The molecule has 6 rings (SSSR count). The van der Waals surface area contributed by atoms with Gasteiger partial charge < -0.3 is 10.2 Å². The van der Waals surface area contributed by atoms with Crippen LogP contribution in [0.1, 0.15) is 38.5 Å². The molecule has 2 saturated carbocycles. The summed E-state index contributed by atoms with van der Waals surface area (Å²) in [5.41, 5.74) is 1.10. The van der Waals surface area contributed by atoms with Gasteiger partial charge in [0, 0.05) is 36.8 Å². The van der Waals surface area contributed by atoms with E-state index in [9.17, 15) is 18.0 Å². The van der Waals surface area contributed by atoms with Gasteiger partial charge in [-0.1, -0.05) is 12.2 Å². The van der Waals surface area contributed by atoms with Crippen LogP contribution in [0.25, 0.3) is 0 Å². The summed E-state index contributed by atoms with van der Waals surface area (Å²) < 4.78 is 40.5. The van der Waals surface area contributed by atoms with Crippen molar-refractivity contribution in [1.29, 1.82) is 0 Å². The number of amides is 1. The van der Waals surface area contributed by atoms with Crippen LogP contribution in [0.2, 0.25) is 0 Å². The number of hydrogen-bond acceptors (Lipinski definition) is 3. The first-order valence-corrected chi connectivity index (χ1v) is 11.4. The maximum Gasteiger partial charge on any atom is 0.412 e. The van der Waals surface area contributed by atoms with Gasteiger partial charge in [-0.3, -0.25) is 9.79 Å². The Bertz CT molecular complexity index is 861. The van der Waals surface area contributed by atoms with Crippen LogP contribution in [0.5, 0.6) is 0 Å². The highest BCUT2D eigenvalue weighted by atomic mass is 19.4. The second kappa shape index (κ2) is 6.44. The monoisotopic (exact) mass is 419 g/mol. The molecule has 2 saturated heterocycles. The van der Waals surface area contributed by atoms with Gasteiger partial charge in [-0.15, -0.1) is 0 Å². The van der Waals surface area contributed by atoms with Gasteiger partial charge in [-0.05, 0) is 68.4 Å². The number of aliphatic imine (C=N–C) groups is 1. The molecule has 0 spiro atoms. The Labute approximate surface area is 174 Å². The predicted molar refractivity (Wildman–Crippen MR) is 107 cm³/mol. The predicted octanol–water partition coefficient (Wildman–Crippen LogP) is 3.50. The number of piperidine rings is 1. The lowest BCUT2D eigenvalue weighted by molar-refractivity contribution is -0.137. The lowest BCUT2D eigenvalue weighted by Gasteiger charge is -2.31. The average molecular weight is 419 g/mol. The molecule has 1 N–H and O–H groups in total. The second-order valence-corrected chi connectivity index (χ2v) is 10.2. The number of likely N-dealkylation sites (tertiary alicyclic amines) is 1. The number of hydrogen-bond donors (Lipinski definition) is 1. The summed E-state index contributed by atoms with van der Waals surface area (Å²) in [5, 5.41) is 3.36. The van der Waals surface area contributed by atoms with Crippen molar-refractivity contribution in [3.63, 3.8) is 0 Å². The summed E-state index contributed by atoms with van der Waals surface area (Å²) in [6, 6.07) is 0.171. The zero-order valence-corrected chi connectivity index (χ0v) is 17.0. The molecule has 5 atom stereocenters. The van der Waals surface area contributed by atoms with Gasteiger partial charge in [0.25, 0.3) is 0 Å². The molecule has 3 aliphatic carbocycles. The SMILES string of the molecule is O=C(N1CC2CC(C3=C(C(F)(F)F)CCC=C3)CC2C1)C12CC1N=C1CNCCC12. The van der Waals surface area contributed by atoms with Crippen molar-refractivity contribution < 1.29 is 18.0 Å². The molecule has 4 nitrogen and oxygen atoms in total. The van der Waals surface area contributed by atoms with Crippen LogP contribution in [0.4, 0.5) is 13.2 Å². The van der Waals surface area contributed by atoms with Crippen molar-refractivity contribution in [2.24, 2.45) is 34.1 Å². The molecule has 7 heteroatoms. The molecule has 0 radical (unpaired) electrons. The molecule has 1 amide bonds. The van der Waals surface area contributed by atoms with Crippen LogP contribution in [0, 0.1) is 29.1 Å². The van der Waals surface area contributed by atoms with Crippen LogP contribution in [-0.2, 0) is 4.79 Å². The van der Waals surface area contributed by atoms with Crippen molar-refractivity contribution in [3.8, 4) is 0 Å². The third-order valence-electron chi connectivity index (χ3n) is 8.65. The zero-order chi connectivity index (χ0) is 20.7. The smallest absolute Gasteiger partial charge is 0.342 e. The number of allylic oxidation sites excluding steroid dienone is 4. The molecule has 30 heavy (non-hydrogen) atoms. The Morgan fingerprint density at radius 3 is 2.73 bits per heavy atom. The fourth-order valence-electron chi connectivity index (χ4n) is 7.20. The van der Waals surface area contributed by atoms with Crippen LogP contribution < -0.4 is 5.32 Å². The third-order valence-corrected chi connectivity index (χ3v) is 8.65. The highest BCUT2D eigenvalue weighted by Gasteiger charge is 2.70. The van der Waals surface area contributed by atoms with E-state index in [2.05, 4.69) is 5.32 Å². The quantitative estimate of drug-likeness (QED) is 0.745. The Kier molecular flexibility index (Phi) is 4.10. The average Bonchev–Trinajstić information content (AvgIpc) is 3.01. The summed E-state index contributed by atoms with van der Waals surface area (Å²) >= 11 is 0. The number of rotatable bonds is 2. The third kappa shape index (κ3) is 2.69. The first-order chi connectivity index (χ1) is 14.4. The Hall–Kier alpha value is -1.63. The minimum atomic E-state index is -4.23. The van der Waals surface area contributed by atoms with Crippen molar-refractivity contribution in [2.45, 2.75) is 50.7 Å². The highest BCUT2D eigenvalue weighted by Crippen LogP contribution is 2.62. The standard InChI is InChI=1S/C23H28F3N3O/c24-23(25,26)17-4-2-1-3-16(17)13-7-14-11-29(12-15(14)8-13)21(30)22-9-20(22)28-19-10-27-6-5-18(19)22/h1,3,13-15,18,20,27H,2,4-12H2. The maximum atomic E-state index is 13.5. The van der Waals surface area contributed by atoms with Gasteiger partial charge in [0.15, 0.2) is 0 Å². The summed E-state index contributed by atoms with van der Waals surface area (Å²) in [6.07, 6.45) is 3.40. The molecule has 0 bridgehead atoms. The van der Waals surface area contributed by atoms with Crippen LogP contribution in [-0.4, -0.2) is 54.9 Å². The van der Waals surface area contributed by atoms with Crippen LogP contribution in [0.15, 0.2) is 28.3 Å². The Balaban J connectivity index is 1.15. The normalized spacial score (nSPS) is 42.2. The molecule has 0 aromatic carbocycles. The molecule has 6 aliphatic rings. The fraction of sp³-hybridized carbons (Fsp3) is 0.739. The number of halogens is 3. The van der Waals surface area contributed by atoms with E-state index in [1.54, 1.807) is 6.08 Å². The van der Waals surface area contributed by atoms with Gasteiger partial charge in [0.1, 0.15) is 0 Å². The summed E-state index contributed by atoms with van der Waals surface area (Å²) in [4.78, 5) is 20.4. The van der Waals surface area contributed by atoms with Crippen molar-refractivity contribution in [3.05, 3.63) is 23.3 Å². The number of alkyl halides is 3. The number of fused-ring (bicyclic) bond motifs is 4. The van der Waals surface area contributed by atoms with Crippen molar-refractivity contribution in [2.75, 3.05) is 26.2 Å². The lowest BCUT2D eigenvalue weighted by atomic mass is 9.80. The Morgan fingerprint density at radius 2 is 2.00 bits per heavy atom. The van der Waals surface area contributed by atoms with Gasteiger partial charge >= 0.3 is 6.18 Å². The van der Waals surface area contributed by atoms with E-state index >= 15 is 0 Å². The van der Waals surface area contributed by atoms with Crippen molar-refractivity contribution in [1.82, 2.24) is 10.2 Å². The van der Waals surface area contributed by atoms with Crippen molar-refractivity contribution >= 4 is 11.6 Å². The Morgan fingerprint density at radius 1 is 1.23 bits per heavy atom. The summed E-state index contributed by atoms with van der Waals surface area (Å²) in [7, 11) is 0. The second-order valence-electron chi connectivity index (χ2n) is 10.2. The molecular formula is C23H28F3N3O. The zero-order valence-electron chi connectivity index (χ0n) is 17.0. The van der Waals surface area contributed by atoms with E-state index in [1.165, 1.54) is 5.71 Å². The molecule has 4 fully saturated rings. The maximum absolute atomic E-state index is 13.5. The first-order valence-electron chi connectivity index (χ1n) is 11.4. The van der Waals surface area contributed by atoms with E-state index in [4.69, 9.17) is 4.99 Å². The van der Waals surface area contributed by atoms with E-state index < -0.39 is 6.18 Å². The minimum Gasteiger partial charge on any atom is -0.342 e. The van der Waals surface area contributed by atoms with E-state index in [0.29, 0.717) is 42.8 Å². The largest absolute Gasteiger partial charge is 0.412 e. The van der Waals surface area contributed by atoms with E-state index in [-0.39, 0.29) is 35.3 Å². The lowest BCUT2D eigenvalue weighted by Crippen LogP contribution is -2.46. The molecular weight excluding hydrogens is 391 g/mol. The number of nitrogens with one attached hydrogen (secondary N) is 1. The molecule has 3 heterocycles. The molecule has 3 aliphatic heterocycles.